The van der Waals surface area contributed by atoms with Crippen molar-refractivity contribution in [1.82, 2.24) is 25.2 Å². The van der Waals surface area contributed by atoms with Crippen molar-refractivity contribution in [3.8, 4) is 0 Å². The number of carbonyl (C=O) groups excluding carboxylic acids is 1. The van der Waals surface area contributed by atoms with E-state index >= 15 is 0 Å². The summed E-state index contributed by atoms with van der Waals surface area (Å²) < 4.78 is 5.13. The molecule has 0 bridgehead atoms. The highest BCUT2D eigenvalue weighted by Gasteiger charge is 2.25. The van der Waals surface area contributed by atoms with E-state index in [2.05, 4.69) is 20.3 Å². The quantitative estimate of drug-likeness (QED) is 0.908. The summed E-state index contributed by atoms with van der Waals surface area (Å²) in [6.07, 6.45) is 5.55. The van der Waals surface area contributed by atoms with Crippen molar-refractivity contribution >= 4 is 5.91 Å². The number of rotatable bonds is 5. The zero-order chi connectivity index (χ0) is 15.4. The van der Waals surface area contributed by atoms with Gasteiger partial charge in [-0.1, -0.05) is 12.1 Å². The SMILES string of the molecule is CCc1noc(CCC(=O)N2CCCC(c3ccn[nH]3)C2)n1. The van der Waals surface area contributed by atoms with Crippen molar-refractivity contribution in [2.75, 3.05) is 13.1 Å². The van der Waals surface area contributed by atoms with Gasteiger partial charge in [-0.05, 0) is 18.9 Å². The fourth-order valence-corrected chi connectivity index (χ4v) is 2.86. The Morgan fingerprint density at radius 2 is 2.45 bits per heavy atom. The van der Waals surface area contributed by atoms with Crippen molar-refractivity contribution in [3.05, 3.63) is 29.7 Å². The molecule has 1 fully saturated rings. The molecule has 0 saturated carbocycles. The van der Waals surface area contributed by atoms with Gasteiger partial charge in [-0.25, -0.2) is 0 Å². The zero-order valence-electron chi connectivity index (χ0n) is 12.8. The largest absolute Gasteiger partial charge is 0.342 e. The molecule has 1 unspecified atom stereocenters. The molecule has 1 aliphatic rings. The molecule has 7 heteroatoms. The maximum absolute atomic E-state index is 12.4. The van der Waals surface area contributed by atoms with Crippen molar-refractivity contribution in [2.24, 2.45) is 0 Å². The Labute approximate surface area is 129 Å². The van der Waals surface area contributed by atoms with E-state index < -0.39 is 0 Å². The van der Waals surface area contributed by atoms with Gasteiger partial charge in [0.25, 0.3) is 0 Å². The summed E-state index contributed by atoms with van der Waals surface area (Å²) in [6.45, 7) is 3.56. The first-order chi connectivity index (χ1) is 10.8. The van der Waals surface area contributed by atoms with Gasteiger partial charge in [-0.3, -0.25) is 9.89 Å². The number of hydrogen-bond acceptors (Lipinski definition) is 5. The van der Waals surface area contributed by atoms with E-state index in [0.29, 0.717) is 30.5 Å². The van der Waals surface area contributed by atoms with Crippen molar-refractivity contribution in [3.63, 3.8) is 0 Å². The Kier molecular flexibility index (Phi) is 4.50. The maximum atomic E-state index is 12.4. The molecular formula is C15H21N5O2. The number of aromatic nitrogens is 4. The molecule has 0 aliphatic carbocycles. The number of hydrogen-bond donors (Lipinski definition) is 1. The van der Waals surface area contributed by atoms with Gasteiger partial charge in [0.2, 0.25) is 11.8 Å². The van der Waals surface area contributed by atoms with Crippen LogP contribution in [0.4, 0.5) is 0 Å². The van der Waals surface area contributed by atoms with E-state index in [1.54, 1.807) is 6.20 Å². The number of amides is 1. The molecule has 0 spiro atoms. The Morgan fingerprint density at radius 1 is 1.55 bits per heavy atom. The van der Waals surface area contributed by atoms with E-state index in [-0.39, 0.29) is 5.91 Å². The highest BCUT2D eigenvalue weighted by Crippen LogP contribution is 2.25. The van der Waals surface area contributed by atoms with Crippen LogP contribution in [0.25, 0.3) is 0 Å². The first-order valence-corrected chi connectivity index (χ1v) is 7.84. The summed E-state index contributed by atoms with van der Waals surface area (Å²) in [7, 11) is 0. The number of nitrogens with one attached hydrogen (secondary N) is 1. The lowest BCUT2D eigenvalue weighted by Gasteiger charge is -2.32. The highest BCUT2D eigenvalue weighted by molar-refractivity contribution is 5.76. The standard InChI is InChI=1S/C15H21N5O2/c1-2-13-17-14(22-19-13)5-6-15(21)20-9-3-4-11(10-20)12-7-8-16-18-12/h7-8,11H,2-6,9-10H2,1H3,(H,16,18). The molecule has 7 nitrogen and oxygen atoms in total. The van der Waals surface area contributed by atoms with Crippen LogP contribution in [0, 0.1) is 0 Å². The number of H-pyrrole nitrogens is 1. The lowest BCUT2D eigenvalue weighted by Crippen LogP contribution is -2.39. The molecule has 0 radical (unpaired) electrons. The summed E-state index contributed by atoms with van der Waals surface area (Å²) in [5, 5.41) is 10.9. The number of carbonyl (C=O) groups is 1. The average Bonchev–Trinajstić information content (AvgIpc) is 3.24. The van der Waals surface area contributed by atoms with Crippen LogP contribution < -0.4 is 0 Å². The summed E-state index contributed by atoms with van der Waals surface area (Å²) in [4.78, 5) is 18.5. The van der Waals surface area contributed by atoms with Crippen LogP contribution in [0.3, 0.4) is 0 Å². The molecule has 2 aromatic heterocycles. The van der Waals surface area contributed by atoms with Gasteiger partial charge in [0, 0.05) is 50.2 Å². The van der Waals surface area contributed by atoms with Crippen molar-refractivity contribution in [2.45, 2.75) is 44.9 Å². The van der Waals surface area contributed by atoms with Gasteiger partial charge >= 0.3 is 0 Å². The third-order valence-corrected chi connectivity index (χ3v) is 4.12. The van der Waals surface area contributed by atoms with E-state index in [0.717, 1.165) is 38.0 Å². The fraction of sp³-hybridized carbons (Fsp3) is 0.600. The number of piperidine rings is 1. The molecule has 1 amide bonds. The Balaban J connectivity index is 1.53. The van der Waals surface area contributed by atoms with E-state index in [4.69, 9.17) is 4.52 Å². The van der Waals surface area contributed by atoms with Crippen LogP contribution >= 0.6 is 0 Å². The van der Waals surface area contributed by atoms with E-state index in [1.165, 1.54) is 0 Å². The second-order valence-electron chi connectivity index (χ2n) is 5.65. The summed E-state index contributed by atoms with van der Waals surface area (Å²) in [6, 6.07) is 1.99. The van der Waals surface area contributed by atoms with Crippen LogP contribution in [-0.2, 0) is 17.6 Å². The Bertz CT molecular complexity index is 607. The van der Waals surface area contributed by atoms with Crippen LogP contribution in [-0.4, -0.2) is 44.2 Å². The first kappa shape index (κ1) is 14.7. The van der Waals surface area contributed by atoms with Gasteiger partial charge in [-0.15, -0.1) is 0 Å². The predicted molar refractivity (Wildman–Crippen MR) is 79.1 cm³/mol. The Hall–Kier alpha value is -2.18. The second-order valence-corrected chi connectivity index (χ2v) is 5.65. The molecule has 1 saturated heterocycles. The first-order valence-electron chi connectivity index (χ1n) is 7.84. The van der Waals surface area contributed by atoms with Gasteiger partial charge < -0.3 is 9.42 Å². The number of aromatic amines is 1. The maximum Gasteiger partial charge on any atom is 0.227 e. The number of likely N-dealkylation sites (tertiary alicyclic amines) is 1. The molecule has 0 aromatic carbocycles. The van der Waals surface area contributed by atoms with Gasteiger partial charge in [0.15, 0.2) is 5.82 Å². The lowest BCUT2D eigenvalue weighted by atomic mass is 9.94. The molecular weight excluding hydrogens is 282 g/mol. The summed E-state index contributed by atoms with van der Waals surface area (Å²) in [5.41, 5.74) is 1.11. The molecule has 118 valence electrons. The minimum atomic E-state index is 0.153. The predicted octanol–water partition coefficient (Wildman–Crippen LogP) is 1.69. The summed E-state index contributed by atoms with van der Waals surface area (Å²) in [5.74, 6) is 1.75. The molecule has 3 heterocycles. The van der Waals surface area contributed by atoms with Gasteiger partial charge in [-0.2, -0.15) is 10.1 Å². The molecule has 3 rings (SSSR count). The van der Waals surface area contributed by atoms with Crippen LogP contribution in [0.5, 0.6) is 0 Å². The van der Waals surface area contributed by atoms with Crippen LogP contribution in [0.2, 0.25) is 0 Å². The van der Waals surface area contributed by atoms with Crippen LogP contribution in [0.15, 0.2) is 16.8 Å². The topological polar surface area (TPSA) is 87.9 Å². The Morgan fingerprint density at radius 3 is 3.18 bits per heavy atom. The second kappa shape index (κ2) is 6.72. The smallest absolute Gasteiger partial charge is 0.227 e. The molecule has 1 aliphatic heterocycles. The number of nitrogens with zero attached hydrogens (tertiary/aromatic N) is 4. The molecule has 22 heavy (non-hydrogen) atoms. The minimum absolute atomic E-state index is 0.153. The monoisotopic (exact) mass is 303 g/mol. The van der Waals surface area contributed by atoms with Crippen molar-refractivity contribution < 1.29 is 9.32 Å². The van der Waals surface area contributed by atoms with Crippen molar-refractivity contribution in [1.29, 1.82) is 0 Å². The van der Waals surface area contributed by atoms with Crippen LogP contribution in [0.1, 0.15) is 49.5 Å². The molecule has 2 aromatic rings. The minimum Gasteiger partial charge on any atom is -0.342 e. The lowest BCUT2D eigenvalue weighted by molar-refractivity contribution is -0.132. The fourth-order valence-electron chi connectivity index (χ4n) is 2.86. The molecule has 1 N–H and O–H groups in total. The van der Waals surface area contributed by atoms with E-state index in [9.17, 15) is 4.79 Å². The van der Waals surface area contributed by atoms with Gasteiger partial charge in [0.1, 0.15) is 0 Å². The third-order valence-electron chi connectivity index (χ3n) is 4.12. The summed E-state index contributed by atoms with van der Waals surface area (Å²) >= 11 is 0. The van der Waals surface area contributed by atoms with Gasteiger partial charge in [0.05, 0.1) is 0 Å². The molecule has 1 atom stereocenters. The normalized spacial score (nSPS) is 18.6. The highest BCUT2D eigenvalue weighted by atomic mass is 16.5. The van der Waals surface area contributed by atoms with E-state index in [1.807, 2.05) is 17.9 Å². The number of aryl methyl sites for hydroxylation is 2. The average molecular weight is 303 g/mol. The third kappa shape index (κ3) is 3.35. The zero-order valence-corrected chi connectivity index (χ0v) is 12.8.